The molecule has 1 fully saturated rings. The van der Waals surface area contributed by atoms with Crippen LogP contribution >= 0.6 is 0 Å². The van der Waals surface area contributed by atoms with Crippen LogP contribution in [-0.2, 0) is 16.6 Å². The number of aliphatic hydroxyl groups is 1. The predicted octanol–water partition coefficient (Wildman–Crippen LogP) is 1.33. The van der Waals surface area contributed by atoms with Gasteiger partial charge in [-0.25, -0.2) is 8.42 Å². The summed E-state index contributed by atoms with van der Waals surface area (Å²) in [6.45, 7) is 2.25. The SMILES string of the molecule is CCC1CCCN1S(=O)(=O)c1ccc(CO)o1. The van der Waals surface area contributed by atoms with Crippen molar-refractivity contribution in [2.75, 3.05) is 6.54 Å². The molecule has 5 nitrogen and oxygen atoms in total. The van der Waals surface area contributed by atoms with Crippen molar-refractivity contribution < 1.29 is 17.9 Å². The van der Waals surface area contributed by atoms with Gasteiger partial charge < -0.3 is 9.52 Å². The van der Waals surface area contributed by atoms with Crippen molar-refractivity contribution in [3.05, 3.63) is 17.9 Å². The Morgan fingerprint density at radius 1 is 1.53 bits per heavy atom. The highest BCUT2D eigenvalue weighted by atomic mass is 32.2. The number of hydrogen-bond donors (Lipinski definition) is 1. The van der Waals surface area contributed by atoms with E-state index in [4.69, 9.17) is 9.52 Å². The van der Waals surface area contributed by atoms with E-state index < -0.39 is 10.0 Å². The topological polar surface area (TPSA) is 70.8 Å². The molecule has 0 spiro atoms. The average Bonchev–Trinajstić information content (AvgIpc) is 2.97. The monoisotopic (exact) mass is 259 g/mol. The first-order valence-corrected chi connectivity index (χ1v) is 7.25. The fourth-order valence-electron chi connectivity index (χ4n) is 2.23. The summed E-state index contributed by atoms with van der Waals surface area (Å²) in [5, 5.41) is 8.81. The van der Waals surface area contributed by atoms with E-state index in [0.717, 1.165) is 19.3 Å². The molecule has 0 aromatic carbocycles. The van der Waals surface area contributed by atoms with Gasteiger partial charge in [0, 0.05) is 12.6 Å². The van der Waals surface area contributed by atoms with Crippen LogP contribution in [0.5, 0.6) is 0 Å². The molecule has 1 atom stereocenters. The van der Waals surface area contributed by atoms with E-state index in [0.29, 0.717) is 6.54 Å². The Hall–Kier alpha value is -0.850. The summed E-state index contributed by atoms with van der Waals surface area (Å²) in [6, 6.07) is 2.97. The maximum Gasteiger partial charge on any atom is 0.276 e. The van der Waals surface area contributed by atoms with Crippen LogP contribution in [0.4, 0.5) is 0 Å². The van der Waals surface area contributed by atoms with Crippen LogP contribution in [0.3, 0.4) is 0 Å². The fraction of sp³-hybridized carbons (Fsp3) is 0.636. The Labute approximate surface area is 101 Å². The van der Waals surface area contributed by atoms with Crippen LogP contribution in [0.25, 0.3) is 0 Å². The maximum absolute atomic E-state index is 12.3. The Balaban J connectivity index is 2.29. The van der Waals surface area contributed by atoms with Crippen molar-refractivity contribution in [3.63, 3.8) is 0 Å². The lowest BCUT2D eigenvalue weighted by atomic mass is 10.2. The summed E-state index contributed by atoms with van der Waals surface area (Å²) in [5.41, 5.74) is 0. The van der Waals surface area contributed by atoms with Crippen molar-refractivity contribution >= 4 is 10.0 Å². The highest BCUT2D eigenvalue weighted by Gasteiger charge is 2.36. The minimum absolute atomic E-state index is 0.0677. The van der Waals surface area contributed by atoms with Gasteiger partial charge in [-0.1, -0.05) is 6.92 Å². The molecule has 1 aromatic heterocycles. The Kier molecular flexibility index (Phi) is 3.56. The zero-order valence-electron chi connectivity index (χ0n) is 9.80. The number of aliphatic hydroxyl groups excluding tert-OH is 1. The van der Waals surface area contributed by atoms with Gasteiger partial charge in [0.15, 0.2) is 0 Å². The molecule has 0 radical (unpaired) electrons. The quantitative estimate of drug-likeness (QED) is 0.885. The highest BCUT2D eigenvalue weighted by Crippen LogP contribution is 2.28. The van der Waals surface area contributed by atoms with Crippen LogP contribution in [0.2, 0.25) is 0 Å². The molecule has 0 bridgehead atoms. The normalized spacial score (nSPS) is 22.1. The van der Waals surface area contributed by atoms with Gasteiger partial charge in [0.2, 0.25) is 5.09 Å². The van der Waals surface area contributed by atoms with E-state index in [-0.39, 0.29) is 23.5 Å². The first-order chi connectivity index (χ1) is 8.09. The van der Waals surface area contributed by atoms with Gasteiger partial charge in [-0.2, -0.15) is 4.31 Å². The number of hydrogen-bond acceptors (Lipinski definition) is 4. The molecule has 1 aliphatic rings. The lowest BCUT2D eigenvalue weighted by molar-refractivity contribution is 0.234. The van der Waals surface area contributed by atoms with Crippen molar-refractivity contribution in [3.8, 4) is 0 Å². The molecule has 2 heterocycles. The van der Waals surface area contributed by atoms with Gasteiger partial charge in [0.05, 0.1) is 0 Å². The largest absolute Gasteiger partial charge is 0.446 e. The van der Waals surface area contributed by atoms with Crippen LogP contribution < -0.4 is 0 Å². The van der Waals surface area contributed by atoms with Crippen LogP contribution in [0.1, 0.15) is 31.9 Å². The molecule has 1 N–H and O–H groups in total. The summed E-state index contributed by atoms with van der Waals surface area (Å²) < 4.78 is 31.2. The van der Waals surface area contributed by atoms with E-state index >= 15 is 0 Å². The Morgan fingerprint density at radius 2 is 2.29 bits per heavy atom. The molecule has 0 saturated carbocycles. The van der Waals surface area contributed by atoms with E-state index in [9.17, 15) is 8.42 Å². The molecule has 0 aliphatic carbocycles. The zero-order chi connectivity index (χ0) is 12.5. The molecule has 2 rings (SSSR count). The number of furan rings is 1. The summed E-state index contributed by atoms with van der Waals surface area (Å²) in [4.78, 5) is 0. The molecule has 1 unspecified atom stereocenters. The standard InChI is InChI=1S/C11H17NO4S/c1-2-9-4-3-7-12(9)17(14,15)11-6-5-10(8-13)16-11/h5-6,9,13H,2-4,7-8H2,1H3. The Morgan fingerprint density at radius 3 is 2.88 bits per heavy atom. The molecule has 0 amide bonds. The van der Waals surface area contributed by atoms with Crippen molar-refractivity contribution in [1.29, 1.82) is 0 Å². The lowest BCUT2D eigenvalue weighted by Crippen LogP contribution is -2.34. The van der Waals surface area contributed by atoms with Crippen LogP contribution in [-0.4, -0.2) is 30.4 Å². The predicted molar refractivity (Wildman–Crippen MR) is 61.8 cm³/mol. The second kappa shape index (κ2) is 4.80. The second-order valence-electron chi connectivity index (χ2n) is 4.20. The van der Waals surface area contributed by atoms with Crippen molar-refractivity contribution in [1.82, 2.24) is 4.31 Å². The second-order valence-corrected chi connectivity index (χ2v) is 6.02. The van der Waals surface area contributed by atoms with E-state index in [1.807, 2.05) is 6.92 Å². The van der Waals surface area contributed by atoms with Gasteiger partial charge in [-0.05, 0) is 31.4 Å². The van der Waals surface area contributed by atoms with E-state index in [1.165, 1.54) is 16.4 Å². The summed E-state index contributed by atoms with van der Waals surface area (Å²) in [5.74, 6) is 0.274. The van der Waals surface area contributed by atoms with Crippen molar-refractivity contribution in [2.24, 2.45) is 0 Å². The van der Waals surface area contributed by atoms with E-state index in [2.05, 4.69) is 0 Å². The van der Waals surface area contributed by atoms with Gasteiger partial charge >= 0.3 is 0 Å². The van der Waals surface area contributed by atoms with Gasteiger partial charge in [-0.15, -0.1) is 0 Å². The smallest absolute Gasteiger partial charge is 0.276 e. The number of sulfonamides is 1. The Bertz CT molecular complexity index is 479. The molecule has 96 valence electrons. The van der Waals surface area contributed by atoms with Gasteiger partial charge in [-0.3, -0.25) is 0 Å². The fourth-order valence-corrected chi connectivity index (χ4v) is 3.93. The molecular formula is C11H17NO4S. The summed E-state index contributed by atoms with van der Waals surface area (Å²) in [6.07, 6.45) is 2.61. The van der Waals surface area contributed by atoms with Crippen LogP contribution in [0.15, 0.2) is 21.6 Å². The zero-order valence-corrected chi connectivity index (χ0v) is 10.6. The third-order valence-electron chi connectivity index (χ3n) is 3.15. The summed E-state index contributed by atoms with van der Waals surface area (Å²) >= 11 is 0. The third kappa shape index (κ3) is 2.25. The van der Waals surface area contributed by atoms with Crippen LogP contribution in [0, 0.1) is 0 Å². The number of rotatable bonds is 4. The van der Waals surface area contributed by atoms with Gasteiger partial charge in [0.1, 0.15) is 12.4 Å². The molecule has 1 saturated heterocycles. The van der Waals surface area contributed by atoms with Crippen molar-refractivity contribution in [2.45, 2.75) is 43.9 Å². The molecule has 17 heavy (non-hydrogen) atoms. The minimum atomic E-state index is -3.53. The lowest BCUT2D eigenvalue weighted by Gasteiger charge is -2.21. The number of nitrogens with zero attached hydrogens (tertiary/aromatic N) is 1. The first-order valence-electron chi connectivity index (χ1n) is 5.81. The van der Waals surface area contributed by atoms with Gasteiger partial charge in [0.25, 0.3) is 10.0 Å². The highest BCUT2D eigenvalue weighted by molar-refractivity contribution is 7.89. The van der Waals surface area contributed by atoms with E-state index in [1.54, 1.807) is 0 Å². The minimum Gasteiger partial charge on any atom is -0.446 e. The third-order valence-corrected chi connectivity index (χ3v) is 4.98. The molecule has 1 aromatic rings. The maximum atomic E-state index is 12.3. The molecular weight excluding hydrogens is 242 g/mol. The molecule has 1 aliphatic heterocycles. The first kappa shape index (κ1) is 12.6. The average molecular weight is 259 g/mol. The summed E-state index contributed by atoms with van der Waals surface area (Å²) in [7, 11) is -3.53. The molecule has 6 heteroatoms.